The molecular weight excluding hydrogens is 418 g/mol. The minimum absolute atomic E-state index is 0.127. The molecule has 0 bridgehead atoms. The van der Waals surface area contributed by atoms with Gasteiger partial charge in [0, 0.05) is 12.0 Å². The molecule has 1 aromatic rings. The molecule has 3 nitrogen and oxygen atoms in total. The molecule has 0 spiro atoms. The van der Waals surface area contributed by atoms with Crippen LogP contribution < -0.4 is 0 Å². The summed E-state index contributed by atoms with van der Waals surface area (Å²) in [5, 5.41) is 12.8. The van der Waals surface area contributed by atoms with Crippen LogP contribution in [0.1, 0.15) is 95.5 Å². The predicted molar refractivity (Wildman–Crippen MR) is 138 cm³/mol. The van der Waals surface area contributed by atoms with Gasteiger partial charge in [0.15, 0.2) is 0 Å². The van der Waals surface area contributed by atoms with Gasteiger partial charge >= 0.3 is 0 Å². The lowest BCUT2D eigenvalue weighted by Gasteiger charge is -2.64. The standard InChI is InChI=1S/C31H47NO2/c1-29-16-6-5-11-25(29)12-13-28-27(29)14-17-30(23-34-22-21-32-19-7-8-20-32)26(15-18-31(28,30)33)24-9-3-2-4-10-24/h2-4,9-10,25-28,33H,5-8,11-23H2,1H3/t25-,26+,27-,28+,29-,30-,31-/m0/s1. The first kappa shape index (κ1) is 23.5. The van der Waals surface area contributed by atoms with E-state index in [1.165, 1.54) is 76.4 Å². The molecule has 6 rings (SSSR count). The van der Waals surface area contributed by atoms with Crippen LogP contribution >= 0.6 is 0 Å². The Kier molecular flexibility index (Phi) is 6.36. The van der Waals surface area contributed by atoms with Gasteiger partial charge in [-0.1, -0.05) is 50.1 Å². The third-order valence-corrected chi connectivity index (χ3v) is 11.8. The number of hydrogen-bond acceptors (Lipinski definition) is 3. The predicted octanol–water partition coefficient (Wildman–Crippen LogP) is 6.41. The van der Waals surface area contributed by atoms with Crippen molar-refractivity contribution in [2.24, 2.45) is 28.6 Å². The highest BCUT2D eigenvalue weighted by Crippen LogP contribution is 2.70. The fourth-order valence-electron chi connectivity index (χ4n) is 10.0. The van der Waals surface area contributed by atoms with E-state index in [4.69, 9.17) is 4.74 Å². The minimum Gasteiger partial charge on any atom is -0.389 e. The molecule has 4 saturated carbocycles. The summed E-state index contributed by atoms with van der Waals surface area (Å²) in [6.07, 6.45) is 15.4. The van der Waals surface area contributed by atoms with E-state index in [9.17, 15) is 5.11 Å². The van der Waals surface area contributed by atoms with E-state index in [0.717, 1.165) is 44.9 Å². The van der Waals surface area contributed by atoms with Crippen molar-refractivity contribution in [2.75, 3.05) is 32.8 Å². The van der Waals surface area contributed by atoms with Crippen LogP contribution in [-0.4, -0.2) is 48.5 Å². The van der Waals surface area contributed by atoms with Gasteiger partial charge in [-0.05, 0) is 112 Å². The summed E-state index contributed by atoms with van der Waals surface area (Å²) in [4.78, 5) is 2.55. The summed E-state index contributed by atoms with van der Waals surface area (Å²) in [5.74, 6) is 2.46. The van der Waals surface area contributed by atoms with E-state index >= 15 is 0 Å². The van der Waals surface area contributed by atoms with Crippen LogP contribution in [0.5, 0.6) is 0 Å². The van der Waals surface area contributed by atoms with Crippen molar-refractivity contribution in [3.63, 3.8) is 0 Å². The van der Waals surface area contributed by atoms with Gasteiger partial charge in [0.25, 0.3) is 0 Å². The second-order valence-corrected chi connectivity index (χ2v) is 13.0. The molecular formula is C31H47NO2. The first-order chi connectivity index (χ1) is 16.6. The first-order valence-corrected chi connectivity index (χ1v) is 14.6. The highest BCUT2D eigenvalue weighted by atomic mass is 16.5. The molecule has 34 heavy (non-hydrogen) atoms. The van der Waals surface area contributed by atoms with Gasteiger partial charge in [0.05, 0.1) is 18.8 Å². The van der Waals surface area contributed by atoms with Gasteiger partial charge in [0.2, 0.25) is 0 Å². The number of hydrogen-bond donors (Lipinski definition) is 1. The van der Waals surface area contributed by atoms with Crippen molar-refractivity contribution in [3.8, 4) is 0 Å². The summed E-state index contributed by atoms with van der Waals surface area (Å²) >= 11 is 0. The second kappa shape index (κ2) is 9.20. The maximum absolute atomic E-state index is 12.8. The van der Waals surface area contributed by atoms with E-state index in [0.29, 0.717) is 23.2 Å². The number of likely N-dealkylation sites (tertiary alicyclic amines) is 1. The molecule has 188 valence electrons. The molecule has 1 heterocycles. The van der Waals surface area contributed by atoms with Crippen molar-refractivity contribution in [1.82, 2.24) is 4.90 Å². The molecule has 0 aromatic heterocycles. The number of benzene rings is 1. The molecule has 1 saturated heterocycles. The normalized spacial score (nSPS) is 44.4. The fourth-order valence-corrected chi connectivity index (χ4v) is 10.0. The maximum Gasteiger partial charge on any atom is 0.0762 e. The van der Waals surface area contributed by atoms with Gasteiger partial charge in [-0.2, -0.15) is 0 Å². The monoisotopic (exact) mass is 465 g/mol. The average molecular weight is 466 g/mol. The lowest BCUT2D eigenvalue weighted by atomic mass is 9.43. The number of aliphatic hydroxyl groups is 1. The summed E-state index contributed by atoms with van der Waals surface area (Å²) in [6.45, 7) is 7.67. The van der Waals surface area contributed by atoms with Crippen molar-refractivity contribution in [3.05, 3.63) is 35.9 Å². The summed E-state index contributed by atoms with van der Waals surface area (Å²) in [7, 11) is 0. The molecule has 3 heteroatoms. The molecule has 7 atom stereocenters. The largest absolute Gasteiger partial charge is 0.389 e. The van der Waals surface area contributed by atoms with Gasteiger partial charge in [-0.3, -0.25) is 0 Å². The first-order valence-electron chi connectivity index (χ1n) is 14.6. The zero-order valence-corrected chi connectivity index (χ0v) is 21.5. The average Bonchev–Trinajstić information content (AvgIpc) is 3.48. The fraction of sp³-hybridized carbons (Fsp3) is 0.806. The van der Waals surface area contributed by atoms with Crippen LogP contribution in [0.4, 0.5) is 0 Å². The highest BCUT2D eigenvalue weighted by Gasteiger charge is 2.68. The third-order valence-electron chi connectivity index (χ3n) is 11.8. The zero-order chi connectivity index (χ0) is 23.2. The Morgan fingerprint density at radius 3 is 2.53 bits per heavy atom. The van der Waals surface area contributed by atoms with Crippen LogP contribution in [0.3, 0.4) is 0 Å². The SMILES string of the molecule is C[C@]12CCCC[C@H]1CC[C@@H]1[C@@H]2CC[C@]2(COCCN3CCCC3)[C@@H](c3ccccc3)CC[C@]12O. The molecule has 1 aliphatic heterocycles. The summed E-state index contributed by atoms with van der Waals surface area (Å²) in [5.41, 5.74) is 1.18. The lowest BCUT2D eigenvalue weighted by molar-refractivity contribution is -0.220. The van der Waals surface area contributed by atoms with E-state index in [-0.39, 0.29) is 5.41 Å². The van der Waals surface area contributed by atoms with E-state index in [1.54, 1.807) is 0 Å². The van der Waals surface area contributed by atoms with E-state index < -0.39 is 5.60 Å². The molecule has 0 radical (unpaired) electrons. The molecule has 5 aliphatic rings. The molecule has 0 unspecified atom stereocenters. The quantitative estimate of drug-likeness (QED) is 0.493. The second-order valence-electron chi connectivity index (χ2n) is 13.0. The van der Waals surface area contributed by atoms with Gasteiger partial charge < -0.3 is 14.7 Å². The number of nitrogens with zero attached hydrogens (tertiary/aromatic N) is 1. The Balaban J connectivity index is 1.28. The van der Waals surface area contributed by atoms with Gasteiger partial charge in [-0.15, -0.1) is 0 Å². The van der Waals surface area contributed by atoms with Crippen LogP contribution in [0, 0.1) is 28.6 Å². The Morgan fingerprint density at radius 2 is 1.71 bits per heavy atom. The smallest absolute Gasteiger partial charge is 0.0762 e. The third kappa shape index (κ3) is 3.63. The highest BCUT2D eigenvalue weighted by molar-refractivity contribution is 5.30. The van der Waals surface area contributed by atoms with Crippen molar-refractivity contribution < 1.29 is 9.84 Å². The molecule has 4 aliphatic carbocycles. The topological polar surface area (TPSA) is 32.7 Å². The van der Waals surface area contributed by atoms with Crippen molar-refractivity contribution in [1.29, 1.82) is 0 Å². The molecule has 5 fully saturated rings. The van der Waals surface area contributed by atoms with Crippen LogP contribution in [0.25, 0.3) is 0 Å². The Labute approximate surface area is 207 Å². The Morgan fingerprint density at radius 1 is 0.882 bits per heavy atom. The Hall–Kier alpha value is -0.900. The lowest BCUT2D eigenvalue weighted by Crippen LogP contribution is -2.63. The number of fused-ring (bicyclic) bond motifs is 5. The molecule has 1 aromatic carbocycles. The number of rotatable bonds is 6. The Bertz CT molecular complexity index is 837. The van der Waals surface area contributed by atoms with E-state index in [1.807, 2.05) is 0 Å². The minimum atomic E-state index is -0.574. The number of ether oxygens (including phenoxy) is 1. The van der Waals surface area contributed by atoms with Gasteiger partial charge in [0.1, 0.15) is 0 Å². The van der Waals surface area contributed by atoms with Gasteiger partial charge in [-0.25, -0.2) is 0 Å². The van der Waals surface area contributed by atoms with Crippen molar-refractivity contribution in [2.45, 2.75) is 95.5 Å². The maximum atomic E-state index is 12.8. The van der Waals surface area contributed by atoms with Crippen LogP contribution in [0.2, 0.25) is 0 Å². The zero-order valence-electron chi connectivity index (χ0n) is 21.5. The molecule has 0 amide bonds. The summed E-state index contributed by atoms with van der Waals surface area (Å²) in [6, 6.07) is 11.1. The van der Waals surface area contributed by atoms with Crippen LogP contribution in [-0.2, 0) is 4.74 Å². The molecule has 1 N–H and O–H groups in total. The van der Waals surface area contributed by atoms with Crippen molar-refractivity contribution >= 4 is 0 Å². The van der Waals surface area contributed by atoms with Crippen LogP contribution in [0.15, 0.2) is 30.3 Å². The van der Waals surface area contributed by atoms with E-state index in [2.05, 4.69) is 42.2 Å². The summed E-state index contributed by atoms with van der Waals surface area (Å²) < 4.78 is 6.57.